The van der Waals surface area contributed by atoms with Crippen molar-refractivity contribution in [1.82, 2.24) is 5.32 Å². The molecule has 5 nitrogen and oxygen atoms in total. The van der Waals surface area contributed by atoms with E-state index in [4.69, 9.17) is 0 Å². The third kappa shape index (κ3) is 4.69. The van der Waals surface area contributed by atoms with Gasteiger partial charge in [-0.05, 0) is 24.3 Å². The Morgan fingerprint density at radius 3 is 2.41 bits per heavy atom. The fourth-order valence-electron chi connectivity index (χ4n) is 1.17. The fraction of sp³-hybridized carbons (Fsp3) is 0.182. The lowest BCUT2D eigenvalue weighted by Gasteiger charge is -2.05. The molecule has 0 fully saturated rings. The van der Waals surface area contributed by atoms with Crippen LogP contribution in [0.4, 0.5) is 5.69 Å². The number of sulfonamides is 1. The lowest BCUT2D eigenvalue weighted by molar-refractivity contribution is 0.0958. The highest BCUT2D eigenvalue weighted by Gasteiger charge is 2.05. The van der Waals surface area contributed by atoms with Gasteiger partial charge in [-0.15, -0.1) is 6.58 Å². The summed E-state index contributed by atoms with van der Waals surface area (Å²) in [6.07, 6.45) is 2.65. The van der Waals surface area contributed by atoms with E-state index in [9.17, 15) is 13.2 Å². The van der Waals surface area contributed by atoms with Gasteiger partial charge in [0.1, 0.15) is 0 Å². The molecule has 0 radical (unpaired) electrons. The molecule has 92 valence electrons. The Labute approximate surface area is 101 Å². The first-order valence-electron chi connectivity index (χ1n) is 4.89. The second-order valence-electron chi connectivity index (χ2n) is 3.45. The molecule has 0 bridgehead atoms. The Balaban J connectivity index is 2.74. The number of carbonyl (C=O) groups excluding carboxylic acids is 1. The molecule has 0 aromatic heterocycles. The summed E-state index contributed by atoms with van der Waals surface area (Å²) in [6, 6.07) is 6.16. The minimum atomic E-state index is -3.29. The minimum Gasteiger partial charge on any atom is -0.349 e. The van der Waals surface area contributed by atoms with Crippen LogP contribution in [0.5, 0.6) is 0 Å². The van der Waals surface area contributed by atoms with Crippen LogP contribution in [0.1, 0.15) is 10.4 Å². The zero-order valence-corrected chi connectivity index (χ0v) is 10.3. The summed E-state index contributed by atoms with van der Waals surface area (Å²) in [4.78, 5) is 11.5. The van der Waals surface area contributed by atoms with Crippen molar-refractivity contribution in [2.45, 2.75) is 0 Å². The summed E-state index contributed by atoms with van der Waals surface area (Å²) in [7, 11) is -3.29. The van der Waals surface area contributed by atoms with Crippen molar-refractivity contribution < 1.29 is 13.2 Å². The van der Waals surface area contributed by atoms with E-state index in [-0.39, 0.29) is 5.91 Å². The Bertz CT molecular complexity index is 506. The number of benzene rings is 1. The molecule has 1 aromatic carbocycles. The molecule has 0 unspecified atom stereocenters. The van der Waals surface area contributed by atoms with Crippen molar-refractivity contribution in [1.29, 1.82) is 0 Å². The molecule has 17 heavy (non-hydrogen) atoms. The number of amides is 1. The molecule has 0 heterocycles. The molecule has 0 saturated carbocycles. The molecular weight excluding hydrogens is 240 g/mol. The molecule has 0 aliphatic carbocycles. The Kier molecular flexibility index (Phi) is 4.28. The predicted molar refractivity (Wildman–Crippen MR) is 67.4 cm³/mol. The minimum absolute atomic E-state index is 0.226. The molecule has 6 heteroatoms. The fourth-order valence-corrected chi connectivity index (χ4v) is 1.73. The number of nitrogens with one attached hydrogen (secondary N) is 2. The maximum atomic E-state index is 11.5. The number of hydrogen-bond donors (Lipinski definition) is 2. The molecule has 1 amide bonds. The van der Waals surface area contributed by atoms with Gasteiger partial charge in [-0.2, -0.15) is 0 Å². The van der Waals surface area contributed by atoms with Crippen LogP contribution in [0.3, 0.4) is 0 Å². The first-order chi connectivity index (χ1) is 7.92. The highest BCUT2D eigenvalue weighted by atomic mass is 32.2. The monoisotopic (exact) mass is 254 g/mol. The van der Waals surface area contributed by atoms with E-state index in [1.807, 2.05) is 0 Å². The van der Waals surface area contributed by atoms with Crippen molar-refractivity contribution in [3.63, 3.8) is 0 Å². The summed E-state index contributed by atoms with van der Waals surface area (Å²) >= 11 is 0. The van der Waals surface area contributed by atoms with Crippen LogP contribution in [0.25, 0.3) is 0 Å². The van der Waals surface area contributed by atoms with Crippen LogP contribution in [-0.2, 0) is 10.0 Å². The lowest BCUT2D eigenvalue weighted by Crippen LogP contribution is -2.23. The van der Waals surface area contributed by atoms with E-state index >= 15 is 0 Å². The zero-order chi connectivity index (χ0) is 12.9. The molecule has 0 spiro atoms. The third-order valence-electron chi connectivity index (χ3n) is 1.86. The largest absolute Gasteiger partial charge is 0.349 e. The van der Waals surface area contributed by atoms with Gasteiger partial charge in [0.05, 0.1) is 6.26 Å². The van der Waals surface area contributed by atoms with Crippen LogP contribution in [0, 0.1) is 0 Å². The van der Waals surface area contributed by atoms with E-state index in [1.54, 1.807) is 18.2 Å². The van der Waals surface area contributed by atoms with E-state index in [0.29, 0.717) is 17.8 Å². The van der Waals surface area contributed by atoms with Gasteiger partial charge in [-0.1, -0.05) is 6.08 Å². The molecule has 1 aromatic rings. The van der Waals surface area contributed by atoms with Gasteiger partial charge in [-0.25, -0.2) is 8.42 Å². The van der Waals surface area contributed by atoms with E-state index in [0.717, 1.165) is 6.26 Å². The first kappa shape index (κ1) is 13.2. The van der Waals surface area contributed by atoms with Gasteiger partial charge >= 0.3 is 0 Å². The average molecular weight is 254 g/mol. The highest BCUT2D eigenvalue weighted by molar-refractivity contribution is 7.92. The van der Waals surface area contributed by atoms with Gasteiger partial charge in [0.2, 0.25) is 10.0 Å². The van der Waals surface area contributed by atoms with Crippen molar-refractivity contribution in [3.05, 3.63) is 42.5 Å². The zero-order valence-electron chi connectivity index (χ0n) is 9.43. The van der Waals surface area contributed by atoms with E-state index in [1.165, 1.54) is 12.1 Å². The van der Waals surface area contributed by atoms with Crippen LogP contribution < -0.4 is 10.0 Å². The molecular formula is C11H14N2O3S. The Morgan fingerprint density at radius 1 is 1.35 bits per heavy atom. The van der Waals surface area contributed by atoms with Gasteiger partial charge in [-0.3, -0.25) is 9.52 Å². The summed E-state index contributed by atoms with van der Waals surface area (Å²) in [6.45, 7) is 3.88. The maximum absolute atomic E-state index is 11.5. The third-order valence-corrected chi connectivity index (χ3v) is 2.46. The Hall–Kier alpha value is -1.82. The highest BCUT2D eigenvalue weighted by Crippen LogP contribution is 2.10. The number of hydrogen-bond acceptors (Lipinski definition) is 3. The number of carbonyl (C=O) groups is 1. The second kappa shape index (κ2) is 5.49. The SMILES string of the molecule is C=CCNC(=O)c1ccc(NS(C)(=O)=O)cc1. The van der Waals surface area contributed by atoms with Crippen LogP contribution in [-0.4, -0.2) is 27.1 Å². The summed E-state index contributed by atoms with van der Waals surface area (Å²) in [5.41, 5.74) is 0.888. The van der Waals surface area contributed by atoms with Crippen molar-refractivity contribution in [2.24, 2.45) is 0 Å². The quantitative estimate of drug-likeness (QED) is 0.769. The number of rotatable bonds is 5. The van der Waals surface area contributed by atoms with Crippen molar-refractivity contribution >= 4 is 21.6 Å². The van der Waals surface area contributed by atoms with Gasteiger partial charge in [0.25, 0.3) is 5.91 Å². The van der Waals surface area contributed by atoms with Gasteiger partial charge < -0.3 is 5.32 Å². The smallest absolute Gasteiger partial charge is 0.251 e. The van der Waals surface area contributed by atoms with Crippen LogP contribution in [0.15, 0.2) is 36.9 Å². The van der Waals surface area contributed by atoms with E-state index < -0.39 is 10.0 Å². The van der Waals surface area contributed by atoms with Crippen LogP contribution >= 0.6 is 0 Å². The predicted octanol–water partition coefficient (Wildman–Crippen LogP) is 0.974. The first-order valence-corrected chi connectivity index (χ1v) is 6.78. The lowest BCUT2D eigenvalue weighted by atomic mass is 10.2. The average Bonchev–Trinajstić information content (AvgIpc) is 2.24. The van der Waals surface area contributed by atoms with Gasteiger partial charge in [0, 0.05) is 17.8 Å². The Morgan fingerprint density at radius 2 is 1.94 bits per heavy atom. The molecule has 0 atom stereocenters. The molecule has 2 N–H and O–H groups in total. The standard InChI is InChI=1S/C11H14N2O3S/c1-3-8-12-11(14)9-4-6-10(7-5-9)13-17(2,15)16/h3-7,13H,1,8H2,2H3,(H,12,14). The maximum Gasteiger partial charge on any atom is 0.251 e. The van der Waals surface area contributed by atoms with E-state index in [2.05, 4.69) is 16.6 Å². The molecule has 0 aliphatic rings. The number of anilines is 1. The summed E-state index contributed by atoms with van der Waals surface area (Å²) in [5, 5.41) is 2.62. The molecule has 0 saturated heterocycles. The second-order valence-corrected chi connectivity index (χ2v) is 5.20. The van der Waals surface area contributed by atoms with Crippen molar-refractivity contribution in [2.75, 3.05) is 17.5 Å². The molecule has 0 aliphatic heterocycles. The van der Waals surface area contributed by atoms with Crippen molar-refractivity contribution in [3.8, 4) is 0 Å². The van der Waals surface area contributed by atoms with Crippen LogP contribution in [0.2, 0.25) is 0 Å². The topological polar surface area (TPSA) is 75.3 Å². The molecule has 1 rings (SSSR count). The normalized spacial score (nSPS) is 10.6. The summed E-state index contributed by atoms with van der Waals surface area (Å²) < 4.78 is 24.2. The van der Waals surface area contributed by atoms with Gasteiger partial charge in [0.15, 0.2) is 0 Å². The summed E-state index contributed by atoms with van der Waals surface area (Å²) in [5.74, 6) is -0.226.